The topological polar surface area (TPSA) is 57.5 Å². The summed E-state index contributed by atoms with van der Waals surface area (Å²) in [6.07, 6.45) is -0.510. The fraction of sp³-hybridized carbons (Fsp3) is 0.417. The molecule has 0 aliphatic heterocycles. The van der Waals surface area contributed by atoms with Crippen molar-refractivity contribution in [2.45, 2.75) is 26.4 Å². The molecule has 0 aliphatic carbocycles. The fourth-order valence-electron chi connectivity index (χ4n) is 1.36. The molecule has 0 unspecified atom stereocenters. The van der Waals surface area contributed by atoms with E-state index in [-0.39, 0.29) is 6.42 Å². The molecule has 0 amide bonds. The normalized spacial score (nSPS) is 13.5. The molecule has 0 saturated heterocycles. The van der Waals surface area contributed by atoms with Crippen LogP contribution in [0.4, 0.5) is 0 Å². The van der Waals surface area contributed by atoms with Gasteiger partial charge in [0, 0.05) is 0 Å². The van der Waals surface area contributed by atoms with Crippen molar-refractivity contribution < 1.29 is 15.0 Å². The first-order valence-corrected chi connectivity index (χ1v) is 4.90. The van der Waals surface area contributed by atoms with Crippen LogP contribution in [0.15, 0.2) is 30.3 Å². The second-order valence-corrected chi connectivity index (χ2v) is 4.32. The summed E-state index contributed by atoms with van der Waals surface area (Å²) in [5.41, 5.74) is -0.151. The molecule has 3 heteroatoms. The minimum Gasteiger partial charge on any atom is -0.481 e. The minimum atomic E-state index is -0.907. The lowest BCUT2D eigenvalue weighted by molar-refractivity contribution is -0.148. The third-order valence-electron chi connectivity index (χ3n) is 2.47. The van der Waals surface area contributed by atoms with Gasteiger partial charge in [0.1, 0.15) is 0 Å². The van der Waals surface area contributed by atoms with Crippen LogP contribution in [-0.2, 0) is 4.79 Å². The van der Waals surface area contributed by atoms with Gasteiger partial charge in [-0.1, -0.05) is 30.3 Å². The van der Waals surface area contributed by atoms with Gasteiger partial charge in [-0.05, 0) is 25.8 Å². The number of carbonyl (C=O) groups is 1. The van der Waals surface area contributed by atoms with Crippen LogP contribution in [0.25, 0.3) is 0 Å². The lowest BCUT2D eigenvalue weighted by Crippen LogP contribution is -2.26. The average molecular weight is 208 g/mol. The lowest BCUT2D eigenvalue weighted by atomic mass is 9.85. The molecule has 1 rings (SSSR count). The van der Waals surface area contributed by atoms with E-state index in [0.29, 0.717) is 0 Å². The first-order chi connectivity index (χ1) is 6.93. The number of aliphatic hydroxyl groups excluding tert-OH is 1. The zero-order valence-electron chi connectivity index (χ0n) is 8.97. The summed E-state index contributed by atoms with van der Waals surface area (Å²) in [7, 11) is 0. The summed E-state index contributed by atoms with van der Waals surface area (Å²) in [5.74, 6) is -0.891. The van der Waals surface area contributed by atoms with Crippen molar-refractivity contribution in [3.05, 3.63) is 35.9 Å². The molecule has 2 N–H and O–H groups in total. The van der Waals surface area contributed by atoms with Crippen molar-refractivity contribution >= 4 is 5.97 Å². The highest BCUT2D eigenvalue weighted by atomic mass is 16.4. The number of benzene rings is 1. The van der Waals surface area contributed by atoms with Gasteiger partial charge in [0.2, 0.25) is 0 Å². The molecule has 0 radical (unpaired) electrons. The van der Waals surface area contributed by atoms with Gasteiger partial charge < -0.3 is 10.2 Å². The molecule has 0 saturated carbocycles. The van der Waals surface area contributed by atoms with E-state index in [1.165, 1.54) is 0 Å². The largest absolute Gasteiger partial charge is 0.481 e. The quantitative estimate of drug-likeness (QED) is 0.797. The Labute approximate surface area is 89.4 Å². The first kappa shape index (κ1) is 11.7. The molecule has 3 nitrogen and oxygen atoms in total. The van der Waals surface area contributed by atoms with Gasteiger partial charge in [-0.2, -0.15) is 0 Å². The van der Waals surface area contributed by atoms with Crippen molar-refractivity contribution in [3.8, 4) is 0 Å². The van der Waals surface area contributed by atoms with Crippen LogP contribution in [0.3, 0.4) is 0 Å². The zero-order chi connectivity index (χ0) is 11.5. The Morgan fingerprint density at radius 3 is 2.33 bits per heavy atom. The standard InChI is InChI=1S/C12H16O3/c1-12(2,11(14)15)8-10(13)9-6-4-3-5-7-9/h3-7,10,13H,8H2,1-2H3,(H,14,15)/t10-/m0/s1. The lowest BCUT2D eigenvalue weighted by Gasteiger charge is -2.22. The zero-order valence-corrected chi connectivity index (χ0v) is 8.97. The van der Waals surface area contributed by atoms with Crippen LogP contribution in [-0.4, -0.2) is 16.2 Å². The maximum atomic E-state index is 10.9. The monoisotopic (exact) mass is 208 g/mol. The number of aliphatic carboxylic acids is 1. The third-order valence-corrected chi connectivity index (χ3v) is 2.47. The smallest absolute Gasteiger partial charge is 0.309 e. The Hall–Kier alpha value is -1.35. The fourth-order valence-corrected chi connectivity index (χ4v) is 1.36. The predicted molar refractivity (Wildman–Crippen MR) is 57.4 cm³/mol. The van der Waals surface area contributed by atoms with Crippen LogP contribution in [0.5, 0.6) is 0 Å². The van der Waals surface area contributed by atoms with E-state index in [0.717, 1.165) is 5.56 Å². The average Bonchev–Trinajstić information content (AvgIpc) is 2.18. The van der Waals surface area contributed by atoms with Gasteiger partial charge in [0.25, 0.3) is 0 Å². The number of rotatable bonds is 4. The number of hydrogen-bond acceptors (Lipinski definition) is 2. The molecular formula is C12H16O3. The second kappa shape index (κ2) is 4.45. The second-order valence-electron chi connectivity index (χ2n) is 4.32. The molecule has 0 fully saturated rings. The summed E-state index contributed by atoms with van der Waals surface area (Å²) in [6.45, 7) is 3.23. The predicted octanol–water partition coefficient (Wildman–Crippen LogP) is 2.22. The Kier molecular flexibility index (Phi) is 3.48. The SMILES string of the molecule is CC(C)(C[C@H](O)c1ccccc1)C(=O)O. The molecule has 82 valence electrons. The van der Waals surface area contributed by atoms with Gasteiger partial charge in [-0.25, -0.2) is 0 Å². The van der Waals surface area contributed by atoms with Crippen molar-refractivity contribution in [3.63, 3.8) is 0 Å². The highest BCUT2D eigenvalue weighted by Crippen LogP contribution is 2.29. The maximum Gasteiger partial charge on any atom is 0.309 e. The number of carboxylic acids is 1. The van der Waals surface area contributed by atoms with E-state index in [1.807, 2.05) is 18.2 Å². The Morgan fingerprint density at radius 2 is 1.87 bits per heavy atom. The van der Waals surface area contributed by atoms with E-state index in [4.69, 9.17) is 5.11 Å². The van der Waals surface area contributed by atoms with Crippen LogP contribution in [0.1, 0.15) is 31.9 Å². The van der Waals surface area contributed by atoms with Crippen molar-refractivity contribution in [2.75, 3.05) is 0 Å². The summed E-state index contributed by atoms with van der Waals surface area (Å²) in [5, 5.41) is 18.8. The maximum absolute atomic E-state index is 10.9. The first-order valence-electron chi connectivity index (χ1n) is 4.90. The molecule has 0 aliphatic rings. The molecular weight excluding hydrogens is 192 g/mol. The Balaban J connectivity index is 2.72. The number of hydrogen-bond donors (Lipinski definition) is 2. The van der Waals surface area contributed by atoms with E-state index < -0.39 is 17.5 Å². The molecule has 0 aromatic heterocycles. The van der Waals surface area contributed by atoms with Crippen molar-refractivity contribution in [2.24, 2.45) is 5.41 Å². The molecule has 1 atom stereocenters. The van der Waals surface area contributed by atoms with Gasteiger partial charge in [0.05, 0.1) is 11.5 Å². The summed E-state index contributed by atoms with van der Waals surface area (Å²) in [4.78, 5) is 10.9. The van der Waals surface area contributed by atoms with Crippen LogP contribution in [0.2, 0.25) is 0 Å². The van der Waals surface area contributed by atoms with Crippen LogP contribution < -0.4 is 0 Å². The highest BCUT2D eigenvalue weighted by molar-refractivity contribution is 5.73. The minimum absolute atomic E-state index is 0.215. The van der Waals surface area contributed by atoms with Crippen molar-refractivity contribution in [1.82, 2.24) is 0 Å². The van der Waals surface area contributed by atoms with Gasteiger partial charge in [0.15, 0.2) is 0 Å². The Bertz CT molecular complexity index is 330. The number of aliphatic hydroxyl groups is 1. The molecule has 0 heterocycles. The van der Waals surface area contributed by atoms with Crippen LogP contribution in [0, 0.1) is 5.41 Å². The van der Waals surface area contributed by atoms with Crippen molar-refractivity contribution in [1.29, 1.82) is 0 Å². The van der Waals surface area contributed by atoms with Gasteiger partial charge >= 0.3 is 5.97 Å². The van der Waals surface area contributed by atoms with E-state index in [2.05, 4.69) is 0 Å². The van der Waals surface area contributed by atoms with Crippen LogP contribution >= 0.6 is 0 Å². The van der Waals surface area contributed by atoms with Gasteiger partial charge in [-0.15, -0.1) is 0 Å². The Morgan fingerprint density at radius 1 is 1.33 bits per heavy atom. The van der Waals surface area contributed by atoms with E-state index in [9.17, 15) is 9.90 Å². The summed E-state index contributed by atoms with van der Waals surface area (Å²) in [6, 6.07) is 9.10. The van der Waals surface area contributed by atoms with E-state index >= 15 is 0 Å². The molecule has 0 bridgehead atoms. The van der Waals surface area contributed by atoms with E-state index in [1.54, 1.807) is 26.0 Å². The highest BCUT2D eigenvalue weighted by Gasteiger charge is 2.30. The molecule has 1 aromatic carbocycles. The molecule has 15 heavy (non-hydrogen) atoms. The van der Waals surface area contributed by atoms with Gasteiger partial charge in [-0.3, -0.25) is 4.79 Å². The summed E-state index contributed by atoms with van der Waals surface area (Å²) < 4.78 is 0. The molecule has 0 spiro atoms. The third kappa shape index (κ3) is 3.06. The number of carboxylic acid groups (broad SMARTS) is 1. The summed E-state index contributed by atoms with van der Waals surface area (Å²) >= 11 is 0. The molecule has 1 aromatic rings.